The normalized spacial score (nSPS) is 19.4. The number of piperidine rings is 1. The van der Waals surface area contributed by atoms with Crippen LogP contribution in [0.5, 0.6) is 0 Å². The molecule has 0 radical (unpaired) electrons. The molecule has 0 N–H and O–H groups in total. The fourth-order valence-corrected chi connectivity index (χ4v) is 4.34. The second kappa shape index (κ2) is 8.21. The van der Waals surface area contributed by atoms with Crippen LogP contribution in [-0.4, -0.2) is 45.8 Å². The highest BCUT2D eigenvalue weighted by Gasteiger charge is 2.32. The summed E-state index contributed by atoms with van der Waals surface area (Å²) in [5.74, 6) is 2.73. The number of carbonyl (C=O) groups excluding carboxylic acids is 1. The molecular weight excluding hydrogens is 340 g/mol. The third-order valence-electron chi connectivity index (χ3n) is 5.87. The summed E-state index contributed by atoms with van der Waals surface area (Å²) < 4.78 is 7.87. The van der Waals surface area contributed by atoms with E-state index in [4.69, 9.17) is 4.74 Å². The van der Waals surface area contributed by atoms with E-state index in [2.05, 4.69) is 14.8 Å². The molecule has 0 spiro atoms. The highest BCUT2D eigenvalue weighted by Crippen LogP contribution is 2.30. The smallest absolute Gasteiger partial charge is 0.256 e. The quantitative estimate of drug-likeness (QED) is 0.832. The van der Waals surface area contributed by atoms with E-state index < -0.39 is 6.10 Å². The summed E-state index contributed by atoms with van der Waals surface area (Å²) in [6, 6.07) is 9.73. The van der Waals surface area contributed by atoms with E-state index in [-0.39, 0.29) is 5.91 Å². The van der Waals surface area contributed by atoms with Gasteiger partial charge in [-0.1, -0.05) is 36.8 Å². The summed E-state index contributed by atoms with van der Waals surface area (Å²) in [5.41, 5.74) is 0.912. The number of nitrogens with zero attached hydrogens (tertiary/aromatic N) is 4. The zero-order valence-corrected chi connectivity index (χ0v) is 16.0. The van der Waals surface area contributed by atoms with Crippen LogP contribution in [-0.2, 0) is 22.5 Å². The number of aromatic nitrogens is 3. The van der Waals surface area contributed by atoms with Crippen LogP contribution in [0.3, 0.4) is 0 Å². The van der Waals surface area contributed by atoms with Crippen molar-refractivity contribution in [2.45, 2.75) is 57.1 Å². The number of rotatable bonds is 4. The van der Waals surface area contributed by atoms with Gasteiger partial charge in [0.15, 0.2) is 6.10 Å². The molecule has 1 saturated heterocycles. The van der Waals surface area contributed by atoms with Gasteiger partial charge in [0.05, 0.1) is 0 Å². The highest BCUT2D eigenvalue weighted by molar-refractivity contribution is 5.82. The van der Waals surface area contributed by atoms with Gasteiger partial charge in [-0.2, -0.15) is 0 Å². The fraction of sp³-hybridized carbons (Fsp3) is 0.571. The number of methoxy groups -OCH3 is 1. The lowest BCUT2D eigenvalue weighted by molar-refractivity contribution is -0.143. The van der Waals surface area contributed by atoms with Crippen LogP contribution in [0.25, 0.3) is 0 Å². The molecule has 0 unspecified atom stereocenters. The Hall–Kier alpha value is -2.21. The van der Waals surface area contributed by atoms with Crippen LogP contribution in [0.1, 0.15) is 61.3 Å². The van der Waals surface area contributed by atoms with Gasteiger partial charge in [-0.3, -0.25) is 4.79 Å². The maximum atomic E-state index is 13.0. The molecule has 0 saturated carbocycles. The lowest BCUT2D eigenvalue weighted by Gasteiger charge is -2.33. The van der Waals surface area contributed by atoms with E-state index >= 15 is 0 Å². The Labute approximate surface area is 160 Å². The van der Waals surface area contributed by atoms with Crippen LogP contribution in [0.2, 0.25) is 0 Å². The monoisotopic (exact) mass is 368 g/mol. The second-order valence-electron chi connectivity index (χ2n) is 7.56. The predicted octanol–water partition coefficient (Wildman–Crippen LogP) is 3.10. The number of amides is 1. The van der Waals surface area contributed by atoms with Gasteiger partial charge in [0, 0.05) is 39.1 Å². The molecule has 4 rings (SSSR count). The third kappa shape index (κ3) is 3.76. The topological polar surface area (TPSA) is 60.2 Å². The lowest BCUT2D eigenvalue weighted by atomic mass is 9.95. The molecule has 1 atom stereocenters. The maximum Gasteiger partial charge on any atom is 0.256 e. The van der Waals surface area contributed by atoms with E-state index in [1.165, 1.54) is 19.3 Å². The SMILES string of the molecule is CO[C@H](C(=O)N1CCC(c2nnc3n2CCCCC3)CC1)c1ccccc1. The highest BCUT2D eigenvalue weighted by atomic mass is 16.5. The van der Waals surface area contributed by atoms with Gasteiger partial charge >= 0.3 is 0 Å². The first-order valence-electron chi connectivity index (χ1n) is 10.1. The van der Waals surface area contributed by atoms with Crippen molar-refractivity contribution in [1.29, 1.82) is 0 Å². The van der Waals surface area contributed by atoms with Crippen molar-refractivity contribution in [3.63, 3.8) is 0 Å². The standard InChI is InChI=1S/C21H28N4O2/c1-27-19(16-8-4-2-5-9-16)21(26)24-14-11-17(12-15-24)20-23-22-18-10-6-3-7-13-25(18)20/h2,4-5,8-9,17,19H,3,6-7,10-15H2,1H3/t19-/m0/s1. The number of fused-ring (bicyclic) bond motifs is 1. The Bertz CT molecular complexity index is 766. The summed E-state index contributed by atoms with van der Waals surface area (Å²) in [6.07, 6.45) is 6.09. The van der Waals surface area contributed by atoms with Crippen molar-refractivity contribution < 1.29 is 9.53 Å². The van der Waals surface area contributed by atoms with Gasteiger partial charge in [0.1, 0.15) is 11.6 Å². The number of hydrogen-bond acceptors (Lipinski definition) is 4. The molecule has 6 nitrogen and oxygen atoms in total. The molecule has 0 bridgehead atoms. The van der Waals surface area contributed by atoms with Crippen molar-refractivity contribution >= 4 is 5.91 Å². The van der Waals surface area contributed by atoms with Crippen molar-refractivity contribution in [3.05, 3.63) is 47.5 Å². The van der Waals surface area contributed by atoms with Gasteiger partial charge in [-0.25, -0.2) is 0 Å². The maximum absolute atomic E-state index is 13.0. The van der Waals surface area contributed by atoms with Crippen molar-refractivity contribution in [3.8, 4) is 0 Å². The molecule has 0 aliphatic carbocycles. The molecule has 27 heavy (non-hydrogen) atoms. The van der Waals surface area contributed by atoms with Crippen LogP contribution in [0.4, 0.5) is 0 Å². The van der Waals surface area contributed by atoms with Crippen LogP contribution >= 0.6 is 0 Å². The summed E-state index contributed by atoms with van der Waals surface area (Å²) in [5, 5.41) is 8.96. The summed E-state index contributed by atoms with van der Waals surface area (Å²) in [7, 11) is 1.60. The lowest BCUT2D eigenvalue weighted by Crippen LogP contribution is -2.41. The molecule has 1 aromatic carbocycles. The summed E-state index contributed by atoms with van der Waals surface area (Å²) in [4.78, 5) is 14.9. The van der Waals surface area contributed by atoms with E-state index in [1.807, 2.05) is 35.2 Å². The minimum absolute atomic E-state index is 0.0576. The Morgan fingerprint density at radius 1 is 1.07 bits per heavy atom. The van der Waals surface area contributed by atoms with E-state index in [0.29, 0.717) is 5.92 Å². The number of benzene rings is 1. The number of ether oxygens (including phenoxy) is 1. The molecule has 144 valence electrons. The Morgan fingerprint density at radius 3 is 2.59 bits per heavy atom. The van der Waals surface area contributed by atoms with Crippen molar-refractivity contribution in [1.82, 2.24) is 19.7 Å². The number of carbonyl (C=O) groups is 1. The predicted molar refractivity (Wildman–Crippen MR) is 102 cm³/mol. The van der Waals surface area contributed by atoms with Crippen LogP contribution in [0.15, 0.2) is 30.3 Å². The number of aryl methyl sites for hydroxylation is 1. The Morgan fingerprint density at radius 2 is 1.85 bits per heavy atom. The largest absolute Gasteiger partial charge is 0.367 e. The number of likely N-dealkylation sites (tertiary alicyclic amines) is 1. The molecular formula is C21H28N4O2. The summed E-state index contributed by atoms with van der Waals surface area (Å²) in [6.45, 7) is 2.54. The molecule has 6 heteroatoms. The van der Waals surface area contributed by atoms with Crippen LogP contribution < -0.4 is 0 Å². The van der Waals surface area contributed by atoms with Crippen LogP contribution in [0, 0.1) is 0 Å². The van der Waals surface area contributed by atoms with Gasteiger partial charge < -0.3 is 14.2 Å². The second-order valence-corrected chi connectivity index (χ2v) is 7.56. The minimum Gasteiger partial charge on any atom is -0.367 e. The molecule has 2 aromatic rings. The minimum atomic E-state index is -0.521. The fourth-order valence-electron chi connectivity index (χ4n) is 4.34. The average Bonchev–Trinajstić information content (AvgIpc) is 2.97. The summed E-state index contributed by atoms with van der Waals surface area (Å²) >= 11 is 0. The zero-order valence-electron chi connectivity index (χ0n) is 16.0. The molecule has 3 heterocycles. The van der Waals surface area contributed by atoms with Gasteiger partial charge in [0.2, 0.25) is 0 Å². The molecule has 1 aromatic heterocycles. The van der Waals surface area contributed by atoms with Gasteiger partial charge in [0.25, 0.3) is 5.91 Å². The van der Waals surface area contributed by atoms with Crippen molar-refractivity contribution in [2.75, 3.05) is 20.2 Å². The molecule has 1 fully saturated rings. The molecule has 2 aliphatic heterocycles. The Balaban J connectivity index is 1.42. The van der Waals surface area contributed by atoms with Gasteiger partial charge in [-0.05, 0) is 31.2 Å². The van der Waals surface area contributed by atoms with E-state index in [1.54, 1.807) is 7.11 Å². The average molecular weight is 368 g/mol. The molecule has 1 amide bonds. The Kier molecular flexibility index (Phi) is 5.53. The number of hydrogen-bond donors (Lipinski definition) is 0. The first-order valence-corrected chi connectivity index (χ1v) is 10.1. The zero-order chi connectivity index (χ0) is 18.6. The van der Waals surface area contributed by atoms with E-state index in [0.717, 1.165) is 56.1 Å². The first kappa shape index (κ1) is 18.2. The first-order chi connectivity index (χ1) is 13.3. The van der Waals surface area contributed by atoms with Gasteiger partial charge in [-0.15, -0.1) is 10.2 Å². The van der Waals surface area contributed by atoms with Crippen molar-refractivity contribution in [2.24, 2.45) is 0 Å². The molecule has 2 aliphatic rings. The third-order valence-corrected chi connectivity index (χ3v) is 5.87. The van der Waals surface area contributed by atoms with E-state index in [9.17, 15) is 4.79 Å².